The van der Waals surface area contributed by atoms with Crippen LogP contribution in [0.25, 0.3) is 88.8 Å². The van der Waals surface area contributed by atoms with Crippen molar-refractivity contribution in [1.29, 1.82) is 0 Å². The van der Waals surface area contributed by atoms with Crippen molar-refractivity contribution in [3.8, 4) is 22.5 Å². The summed E-state index contributed by atoms with van der Waals surface area (Å²) in [4.78, 5) is 2.31. The summed E-state index contributed by atoms with van der Waals surface area (Å²) in [7, 11) is 0. The van der Waals surface area contributed by atoms with Crippen molar-refractivity contribution in [2.45, 2.75) is 0 Å². The number of nitrogens with zero attached hydrogens (tertiary/aromatic N) is 3. The highest BCUT2D eigenvalue weighted by Crippen LogP contribution is 2.46. The first-order valence-corrected chi connectivity index (χ1v) is 19.7. The van der Waals surface area contributed by atoms with Gasteiger partial charge in [0.25, 0.3) is 0 Å². The van der Waals surface area contributed by atoms with Gasteiger partial charge in [-0.1, -0.05) is 122 Å². The maximum Gasteiger partial charge on any atom is 0.160 e. The Morgan fingerprint density at radius 2 is 1.05 bits per heavy atom. The minimum Gasteiger partial charge on any atom is -0.454 e. The van der Waals surface area contributed by atoms with E-state index in [4.69, 9.17) is 11.0 Å². The lowest BCUT2D eigenvalue weighted by molar-refractivity contribution is 0.671. The molecule has 4 heteroatoms. The number of benzene rings is 8. The van der Waals surface area contributed by atoms with Gasteiger partial charge >= 0.3 is 0 Å². The average Bonchev–Trinajstić information content (AvgIpc) is 3.94. The van der Waals surface area contributed by atoms with Crippen molar-refractivity contribution < 1.29 is 4.42 Å². The van der Waals surface area contributed by atoms with Gasteiger partial charge in [0, 0.05) is 66.9 Å². The van der Waals surface area contributed by atoms with Gasteiger partial charge in [-0.15, -0.1) is 0 Å². The lowest BCUT2D eigenvalue weighted by atomic mass is 9.93. The van der Waals surface area contributed by atoms with Crippen molar-refractivity contribution in [3.05, 3.63) is 218 Å². The highest BCUT2D eigenvalue weighted by atomic mass is 16.3. The lowest BCUT2D eigenvalue weighted by Gasteiger charge is -2.28. The zero-order valence-corrected chi connectivity index (χ0v) is 31.5. The quantitative estimate of drug-likeness (QED) is 0.180. The molecule has 0 amide bonds. The van der Waals surface area contributed by atoms with Crippen molar-refractivity contribution in [2.24, 2.45) is 0 Å². The largest absolute Gasteiger partial charge is 0.454 e. The molecular weight excluding hydrogens is 707 g/mol. The molecule has 11 aromatic rings. The summed E-state index contributed by atoms with van der Waals surface area (Å²) in [6, 6.07) is 67.0. The molecule has 0 radical (unpaired) electrons. The summed E-state index contributed by atoms with van der Waals surface area (Å²) in [5.74, 6) is 0. The van der Waals surface area contributed by atoms with E-state index in [1.807, 2.05) is 6.07 Å². The fraction of sp³-hybridized carbons (Fsp3) is 0. The Morgan fingerprint density at radius 1 is 0.448 bits per heavy atom. The first-order valence-electron chi connectivity index (χ1n) is 19.7. The van der Waals surface area contributed by atoms with Gasteiger partial charge in [0.05, 0.1) is 27.9 Å². The van der Waals surface area contributed by atoms with E-state index >= 15 is 0 Å². The Labute approximate surface area is 335 Å². The molecule has 0 spiro atoms. The minimum atomic E-state index is 0.895. The van der Waals surface area contributed by atoms with E-state index in [1.54, 1.807) is 0 Å². The molecule has 0 bridgehead atoms. The molecule has 0 aliphatic carbocycles. The molecule has 0 saturated carbocycles. The maximum atomic E-state index is 6.66. The summed E-state index contributed by atoms with van der Waals surface area (Å²) in [6.07, 6.45) is 4.48. The second kappa shape index (κ2) is 12.6. The Hall–Kier alpha value is -7.82. The second-order valence-electron chi connectivity index (χ2n) is 15.0. The van der Waals surface area contributed by atoms with Gasteiger partial charge in [-0.25, -0.2) is 0 Å². The molecule has 4 heterocycles. The highest BCUT2D eigenvalue weighted by molar-refractivity contribution is 6.22. The molecule has 272 valence electrons. The molecule has 1 aliphatic rings. The molecule has 4 nitrogen and oxygen atoms in total. The first-order chi connectivity index (χ1) is 28.7. The van der Waals surface area contributed by atoms with E-state index in [1.165, 1.54) is 10.8 Å². The van der Waals surface area contributed by atoms with Crippen molar-refractivity contribution >= 4 is 77.7 Å². The monoisotopic (exact) mass is 741 g/mol. The van der Waals surface area contributed by atoms with Gasteiger partial charge in [0.15, 0.2) is 5.58 Å². The fourth-order valence-corrected chi connectivity index (χ4v) is 9.22. The van der Waals surface area contributed by atoms with Crippen LogP contribution < -0.4 is 4.90 Å². The zero-order chi connectivity index (χ0) is 38.3. The summed E-state index contributed by atoms with van der Waals surface area (Å²) in [5, 5.41) is 5.76. The Kier molecular flexibility index (Phi) is 7.05. The van der Waals surface area contributed by atoms with E-state index in [2.05, 4.69) is 208 Å². The maximum absolute atomic E-state index is 6.66. The summed E-state index contributed by atoms with van der Waals surface area (Å²) < 4.78 is 11.4. The molecular formula is C54H35N3O. The fourth-order valence-electron chi connectivity index (χ4n) is 9.22. The molecule has 12 rings (SSSR count). The first kappa shape index (κ1) is 32.4. The molecule has 1 aliphatic heterocycles. The van der Waals surface area contributed by atoms with E-state index in [9.17, 15) is 0 Å². The highest BCUT2D eigenvalue weighted by Gasteiger charge is 2.26. The lowest BCUT2D eigenvalue weighted by Crippen LogP contribution is -2.13. The zero-order valence-electron chi connectivity index (χ0n) is 31.5. The van der Waals surface area contributed by atoms with E-state index < -0.39 is 0 Å². The predicted octanol–water partition coefficient (Wildman–Crippen LogP) is 14.5. The van der Waals surface area contributed by atoms with Gasteiger partial charge in [0.1, 0.15) is 5.58 Å². The van der Waals surface area contributed by atoms with Crippen molar-refractivity contribution in [3.63, 3.8) is 0 Å². The number of furan rings is 1. The summed E-state index contributed by atoms with van der Waals surface area (Å²) >= 11 is 0. The molecule has 0 fully saturated rings. The Bertz CT molecular complexity index is 3460. The molecule has 58 heavy (non-hydrogen) atoms. The Balaban J connectivity index is 1.09. The molecule has 0 N–H and O–H groups in total. The van der Waals surface area contributed by atoms with E-state index in [-0.39, 0.29) is 0 Å². The SMILES string of the molecule is C=C1c2ccc(-c3ccc4c(c3)c3ccc5c6ccccc6oc5c3n4-c3ccccc3)cc2N(c2ccccc2)/C=C\c2c1n(-c1ccccc1)c1ccccc21. The number of hydrogen-bond donors (Lipinski definition) is 0. The number of anilines is 2. The van der Waals surface area contributed by atoms with E-state index in [0.29, 0.717) is 0 Å². The average molecular weight is 742 g/mol. The van der Waals surface area contributed by atoms with Gasteiger partial charge < -0.3 is 18.5 Å². The summed E-state index contributed by atoms with van der Waals surface area (Å²) in [6.45, 7) is 4.86. The predicted molar refractivity (Wildman–Crippen MR) is 243 cm³/mol. The molecule has 8 aromatic carbocycles. The third-order valence-electron chi connectivity index (χ3n) is 11.8. The van der Waals surface area contributed by atoms with Gasteiger partial charge in [-0.3, -0.25) is 0 Å². The number of para-hydroxylation sites is 5. The van der Waals surface area contributed by atoms with Crippen LogP contribution in [-0.4, -0.2) is 9.13 Å². The van der Waals surface area contributed by atoms with E-state index in [0.717, 1.165) is 100 Å². The topological polar surface area (TPSA) is 26.2 Å². The number of rotatable bonds is 4. The van der Waals surface area contributed by atoms with Crippen LogP contribution in [0.3, 0.4) is 0 Å². The number of hydrogen-bond acceptors (Lipinski definition) is 2. The molecule has 0 unspecified atom stereocenters. The van der Waals surface area contributed by atoms with Crippen LogP contribution >= 0.6 is 0 Å². The Morgan fingerprint density at radius 3 is 1.83 bits per heavy atom. The van der Waals surface area contributed by atoms with Gasteiger partial charge in [0.2, 0.25) is 0 Å². The van der Waals surface area contributed by atoms with Crippen LogP contribution in [-0.2, 0) is 0 Å². The van der Waals surface area contributed by atoms with Crippen LogP contribution in [0, 0.1) is 0 Å². The van der Waals surface area contributed by atoms with Crippen LogP contribution in [0.15, 0.2) is 205 Å². The third kappa shape index (κ3) is 4.76. The summed E-state index contributed by atoms with van der Waals surface area (Å²) in [5.41, 5.74) is 16.1. The van der Waals surface area contributed by atoms with Crippen molar-refractivity contribution in [2.75, 3.05) is 4.90 Å². The van der Waals surface area contributed by atoms with Gasteiger partial charge in [-0.2, -0.15) is 0 Å². The van der Waals surface area contributed by atoms with Gasteiger partial charge in [-0.05, 0) is 90.0 Å². The molecule has 3 aromatic heterocycles. The van der Waals surface area contributed by atoms with Crippen molar-refractivity contribution in [1.82, 2.24) is 9.13 Å². The van der Waals surface area contributed by atoms with Crippen LogP contribution in [0.5, 0.6) is 0 Å². The second-order valence-corrected chi connectivity index (χ2v) is 15.0. The van der Waals surface area contributed by atoms with Crippen LogP contribution in [0.1, 0.15) is 16.8 Å². The number of fused-ring (bicyclic) bond motifs is 11. The molecule has 0 saturated heterocycles. The van der Waals surface area contributed by atoms with Crippen LogP contribution in [0.2, 0.25) is 0 Å². The normalized spacial score (nSPS) is 13.3. The standard InChI is InChI=1S/C54H35N3O/c1-35-41-27-25-37(34-50(41)55(38-15-5-2-6-16-38)32-31-45-42-21-11-13-23-48(42)56(52(35)45)39-17-7-3-8-18-39)36-26-30-49-47(33-36)44-28-29-46-43-22-12-14-24-51(43)58-54(46)53(44)57(49)40-19-9-4-10-20-40/h2-34H,1H2/b32-31-. The number of aromatic nitrogens is 2. The van der Waals surface area contributed by atoms with Crippen LogP contribution in [0.4, 0.5) is 11.4 Å². The minimum absolute atomic E-state index is 0.895. The smallest absolute Gasteiger partial charge is 0.160 e. The third-order valence-corrected chi connectivity index (χ3v) is 11.8. The molecule has 0 atom stereocenters.